The molecule has 3 fully saturated rings. The van der Waals surface area contributed by atoms with Gasteiger partial charge in [0.15, 0.2) is 5.17 Å². The number of rotatable bonds is 4. The fourth-order valence-corrected chi connectivity index (χ4v) is 4.63. The summed E-state index contributed by atoms with van der Waals surface area (Å²) >= 11 is 1.94. The monoisotopic (exact) mass is 297 g/mol. The van der Waals surface area contributed by atoms with Crippen LogP contribution in [0.1, 0.15) is 38.5 Å². The summed E-state index contributed by atoms with van der Waals surface area (Å²) < 4.78 is 5.37. The third-order valence-electron chi connectivity index (χ3n) is 4.66. The van der Waals surface area contributed by atoms with Crippen molar-refractivity contribution in [3.8, 4) is 0 Å². The van der Waals surface area contributed by atoms with Gasteiger partial charge in [-0.15, -0.1) is 0 Å². The van der Waals surface area contributed by atoms with E-state index in [0.29, 0.717) is 5.54 Å². The van der Waals surface area contributed by atoms with E-state index in [4.69, 9.17) is 9.73 Å². The zero-order valence-electron chi connectivity index (χ0n) is 12.4. The molecule has 2 heterocycles. The van der Waals surface area contributed by atoms with E-state index in [1.54, 1.807) is 0 Å². The zero-order chi connectivity index (χ0) is 13.7. The number of morpholine rings is 1. The highest BCUT2D eigenvalue weighted by Gasteiger charge is 2.37. The van der Waals surface area contributed by atoms with Crippen LogP contribution in [0.3, 0.4) is 0 Å². The predicted molar refractivity (Wildman–Crippen MR) is 85.6 cm³/mol. The Morgan fingerprint density at radius 1 is 1.20 bits per heavy atom. The third-order valence-corrected chi connectivity index (χ3v) is 5.86. The van der Waals surface area contributed by atoms with Gasteiger partial charge in [0.2, 0.25) is 0 Å². The van der Waals surface area contributed by atoms with E-state index in [1.807, 2.05) is 11.8 Å². The zero-order valence-corrected chi connectivity index (χ0v) is 13.2. The van der Waals surface area contributed by atoms with Crippen LogP contribution in [0.4, 0.5) is 0 Å². The molecule has 2 saturated heterocycles. The molecule has 3 aliphatic rings. The molecule has 1 N–H and O–H groups in total. The number of aliphatic imine (C=N–C) groups is 1. The van der Waals surface area contributed by atoms with Crippen molar-refractivity contribution in [2.45, 2.75) is 44.1 Å². The molecule has 0 radical (unpaired) electrons. The molecule has 1 spiro atoms. The largest absolute Gasteiger partial charge is 0.379 e. The van der Waals surface area contributed by atoms with Crippen molar-refractivity contribution >= 4 is 16.9 Å². The molecular weight excluding hydrogens is 270 g/mol. The smallest absolute Gasteiger partial charge is 0.157 e. The SMILES string of the molecule is C1CCC2(CC1)CSC(=NCCCN1CCOCC1)N2. The minimum absolute atomic E-state index is 0.395. The van der Waals surface area contributed by atoms with Crippen LogP contribution in [0.15, 0.2) is 4.99 Å². The first kappa shape index (κ1) is 14.7. The Balaban J connectivity index is 1.37. The number of hydrogen-bond acceptors (Lipinski definition) is 4. The molecule has 114 valence electrons. The van der Waals surface area contributed by atoms with Gasteiger partial charge < -0.3 is 10.1 Å². The maximum Gasteiger partial charge on any atom is 0.157 e. The second-order valence-electron chi connectivity index (χ2n) is 6.25. The number of ether oxygens (including phenoxy) is 1. The van der Waals surface area contributed by atoms with Crippen molar-refractivity contribution < 1.29 is 4.74 Å². The second-order valence-corrected chi connectivity index (χ2v) is 7.21. The highest BCUT2D eigenvalue weighted by Crippen LogP contribution is 2.36. The first-order valence-corrected chi connectivity index (χ1v) is 9.10. The lowest BCUT2D eigenvalue weighted by molar-refractivity contribution is 0.0377. The summed E-state index contributed by atoms with van der Waals surface area (Å²) in [6, 6.07) is 0. The van der Waals surface area contributed by atoms with E-state index in [9.17, 15) is 0 Å². The Morgan fingerprint density at radius 3 is 2.80 bits per heavy atom. The van der Waals surface area contributed by atoms with Gasteiger partial charge in [0.1, 0.15) is 0 Å². The number of hydrogen-bond donors (Lipinski definition) is 1. The highest BCUT2D eigenvalue weighted by molar-refractivity contribution is 8.14. The molecule has 1 saturated carbocycles. The molecule has 3 rings (SSSR count). The van der Waals surface area contributed by atoms with Gasteiger partial charge in [-0.2, -0.15) is 0 Å². The Bertz CT molecular complexity index is 336. The van der Waals surface area contributed by atoms with Crippen molar-refractivity contribution in [3.63, 3.8) is 0 Å². The number of thioether (sulfide) groups is 1. The van der Waals surface area contributed by atoms with Gasteiger partial charge >= 0.3 is 0 Å². The summed E-state index contributed by atoms with van der Waals surface area (Å²) in [5.41, 5.74) is 0.395. The van der Waals surface area contributed by atoms with Crippen LogP contribution < -0.4 is 5.32 Å². The topological polar surface area (TPSA) is 36.9 Å². The lowest BCUT2D eigenvalue weighted by Gasteiger charge is -2.32. The maximum atomic E-state index is 5.37. The van der Waals surface area contributed by atoms with E-state index < -0.39 is 0 Å². The number of nitrogens with one attached hydrogen (secondary N) is 1. The van der Waals surface area contributed by atoms with E-state index in [1.165, 1.54) is 49.4 Å². The summed E-state index contributed by atoms with van der Waals surface area (Å²) in [6.45, 7) is 6.10. The van der Waals surface area contributed by atoms with Gasteiger partial charge in [0.05, 0.1) is 13.2 Å². The quantitative estimate of drug-likeness (QED) is 0.806. The maximum absolute atomic E-state index is 5.37. The van der Waals surface area contributed by atoms with Crippen LogP contribution in [0.25, 0.3) is 0 Å². The lowest BCUT2D eigenvalue weighted by atomic mass is 9.83. The Morgan fingerprint density at radius 2 is 2.00 bits per heavy atom. The molecule has 1 aliphatic carbocycles. The minimum Gasteiger partial charge on any atom is -0.379 e. The second kappa shape index (κ2) is 7.14. The average molecular weight is 297 g/mol. The van der Waals surface area contributed by atoms with Crippen molar-refractivity contribution in [3.05, 3.63) is 0 Å². The van der Waals surface area contributed by atoms with Gasteiger partial charge in [-0.3, -0.25) is 9.89 Å². The normalized spacial score (nSPS) is 28.9. The van der Waals surface area contributed by atoms with Crippen molar-refractivity contribution in [1.82, 2.24) is 10.2 Å². The van der Waals surface area contributed by atoms with Gasteiger partial charge in [0, 0.05) is 37.5 Å². The fraction of sp³-hybridized carbons (Fsp3) is 0.933. The molecule has 0 aromatic carbocycles. The Labute approximate surface area is 126 Å². The van der Waals surface area contributed by atoms with Crippen LogP contribution in [0.5, 0.6) is 0 Å². The van der Waals surface area contributed by atoms with Crippen molar-refractivity contribution in [2.24, 2.45) is 4.99 Å². The minimum atomic E-state index is 0.395. The lowest BCUT2D eigenvalue weighted by Crippen LogP contribution is -2.45. The Hall–Kier alpha value is -0.260. The van der Waals surface area contributed by atoms with Gasteiger partial charge in [0.25, 0.3) is 0 Å². The van der Waals surface area contributed by atoms with Crippen molar-refractivity contribution in [1.29, 1.82) is 0 Å². The highest BCUT2D eigenvalue weighted by atomic mass is 32.2. The van der Waals surface area contributed by atoms with E-state index >= 15 is 0 Å². The molecule has 0 atom stereocenters. The summed E-state index contributed by atoms with van der Waals surface area (Å²) in [5.74, 6) is 1.23. The molecule has 0 amide bonds. The van der Waals surface area contributed by atoms with E-state index in [0.717, 1.165) is 39.4 Å². The first-order valence-electron chi connectivity index (χ1n) is 8.12. The molecular formula is C15H27N3OS. The van der Waals surface area contributed by atoms with E-state index in [2.05, 4.69) is 10.2 Å². The molecule has 0 aromatic heterocycles. The van der Waals surface area contributed by atoms with Crippen LogP contribution in [-0.4, -0.2) is 60.8 Å². The Kier molecular flexibility index (Phi) is 5.24. The van der Waals surface area contributed by atoms with Crippen LogP contribution in [-0.2, 0) is 4.74 Å². The molecule has 4 nitrogen and oxygen atoms in total. The molecule has 5 heteroatoms. The molecule has 0 unspecified atom stereocenters. The molecule has 0 bridgehead atoms. The number of nitrogens with zero attached hydrogens (tertiary/aromatic N) is 2. The molecule has 2 aliphatic heterocycles. The van der Waals surface area contributed by atoms with Gasteiger partial charge in [-0.05, 0) is 19.3 Å². The first-order chi connectivity index (χ1) is 9.86. The van der Waals surface area contributed by atoms with Crippen LogP contribution >= 0.6 is 11.8 Å². The summed E-state index contributed by atoms with van der Waals surface area (Å²) in [5, 5.41) is 4.93. The predicted octanol–water partition coefficient (Wildman–Crippen LogP) is 2.10. The van der Waals surface area contributed by atoms with Gasteiger partial charge in [-0.1, -0.05) is 31.0 Å². The summed E-state index contributed by atoms with van der Waals surface area (Å²) in [7, 11) is 0. The molecule has 20 heavy (non-hydrogen) atoms. The fourth-order valence-electron chi connectivity index (χ4n) is 3.39. The van der Waals surface area contributed by atoms with Crippen LogP contribution in [0.2, 0.25) is 0 Å². The average Bonchev–Trinajstić information content (AvgIpc) is 2.88. The summed E-state index contributed by atoms with van der Waals surface area (Å²) in [6.07, 6.45) is 8.04. The number of amidine groups is 1. The van der Waals surface area contributed by atoms with E-state index in [-0.39, 0.29) is 0 Å². The van der Waals surface area contributed by atoms with Crippen LogP contribution in [0, 0.1) is 0 Å². The van der Waals surface area contributed by atoms with Crippen molar-refractivity contribution in [2.75, 3.05) is 45.1 Å². The molecule has 0 aromatic rings. The standard InChI is InChI=1S/C15H27N3OS/c1-2-5-15(6-3-1)13-20-14(17-15)16-7-4-8-18-9-11-19-12-10-18/h1-13H2,(H,16,17). The third kappa shape index (κ3) is 3.89. The van der Waals surface area contributed by atoms with Gasteiger partial charge in [-0.25, -0.2) is 0 Å². The summed E-state index contributed by atoms with van der Waals surface area (Å²) in [4.78, 5) is 7.26.